The lowest BCUT2D eigenvalue weighted by molar-refractivity contribution is -0.135. The molecule has 0 radical (unpaired) electrons. The Morgan fingerprint density at radius 2 is 1.91 bits per heavy atom. The molecular weight excluding hydrogens is 434 g/mol. The number of carbonyl (C=O) groups is 2. The number of ether oxygens (including phenoxy) is 1. The summed E-state index contributed by atoms with van der Waals surface area (Å²) < 4.78 is 6.15. The van der Waals surface area contributed by atoms with Crippen molar-refractivity contribution in [2.24, 2.45) is 0 Å². The Kier molecular flexibility index (Phi) is 8.05. The number of amides is 3. The topological polar surface area (TPSA) is 61.9 Å². The van der Waals surface area contributed by atoms with Crippen molar-refractivity contribution in [3.8, 4) is 5.75 Å². The van der Waals surface area contributed by atoms with Crippen LogP contribution in [0.5, 0.6) is 5.75 Å². The fourth-order valence-corrected chi connectivity index (χ4v) is 4.91. The van der Waals surface area contributed by atoms with E-state index >= 15 is 0 Å². The molecule has 0 bridgehead atoms. The third kappa shape index (κ3) is 6.50. The van der Waals surface area contributed by atoms with Crippen LogP contribution in [0, 0.1) is 0 Å². The molecule has 1 aliphatic rings. The number of likely N-dealkylation sites (N-methyl/N-ethyl adjacent to an activating group) is 1. The molecule has 7 heteroatoms. The van der Waals surface area contributed by atoms with E-state index in [0.717, 1.165) is 17.7 Å². The van der Waals surface area contributed by atoms with Crippen LogP contribution in [-0.4, -0.2) is 53.5 Å². The maximum Gasteiger partial charge on any atom is 0.318 e. The molecule has 180 valence electrons. The van der Waals surface area contributed by atoms with E-state index in [1.165, 1.54) is 10.4 Å². The average Bonchev–Trinajstić information content (AvgIpc) is 3.23. The summed E-state index contributed by atoms with van der Waals surface area (Å²) in [4.78, 5) is 30.8. The van der Waals surface area contributed by atoms with Gasteiger partial charge in [-0.15, -0.1) is 11.3 Å². The van der Waals surface area contributed by atoms with E-state index in [-0.39, 0.29) is 30.1 Å². The van der Waals surface area contributed by atoms with E-state index in [1.54, 1.807) is 16.2 Å². The van der Waals surface area contributed by atoms with Crippen molar-refractivity contribution in [1.82, 2.24) is 15.1 Å². The van der Waals surface area contributed by atoms with E-state index in [0.29, 0.717) is 25.6 Å². The molecule has 0 unspecified atom stereocenters. The molecule has 1 aliphatic heterocycles. The lowest BCUT2D eigenvalue weighted by Gasteiger charge is -2.37. The molecule has 0 saturated carbocycles. The number of hydrogen-bond acceptors (Lipinski definition) is 4. The molecule has 1 aromatic carbocycles. The van der Waals surface area contributed by atoms with Gasteiger partial charge < -0.3 is 19.9 Å². The Morgan fingerprint density at radius 3 is 2.52 bits per heavy atom. The highest BCUT2D eigenvalue weighted by Gasteiger charge is 2.33. The summed E-state index contributed by atoms with van der Waals surface area (Å²) in [5.41, 5.74) is 2.07. The number of carbonyl (C=O) groups excluding carboxylic acids is 2. The molecule has 0 saturated heterocycles. The van der Waals surface area contributed by atoms with Gasteiger partial charge in [-0.05, 0) is 74.7 Å². The summed E-state index contributed by atoms with van der Waals surface area (Å²) in [6, 6.07) is 9.88. The van der Waals surface area contributed by atoms with Gasteiger partial charge in [-0.2, -0.15) is 0 Å². The van der Waals surface area contributed by atoms with Crippen molar-refractivity contribution >= 4 is 23.3 Å². The normalized spacial score (nSPS) is 15.8. The van der Waals surface area contributed by atoms with Crippen LogP contribution in [0.2, 0.25) is 0 Å². The molecule has 3 rings (SSSR count). The number of thiophene rings is 1. The van der Waals surface area contributed by atoms with Crippen LogP contribution in [0.3, 0.4) is 0 Å². The predicted octanol–water partition coefficient (Wildman–Crippen LogP) is 5.21. The minimum Gasteiger partial charge on any atom is -0.491 e. The first-order valence-electron chi connectivity index (χ1n) is 11.7. The molecule has 6 nitrogen and oxygen atoms in total. The summed E-state index contributed by atoms with van der Waals surface area (Å²) in [5, 5.41) is 5.03. The van der Waals surface area contributed by atoms with Crippen molar-refractivity contribution in [2.75, 3.05) is 26.2 Å². The molecule has 3 amide bonds. The van der Waals surface area contributed by atoms with Gasteiger partial charge in [0, 0.05) is 23.5 Å². The van der Waals surface area contributed by atoms with E-state index in [9.17, 15) is 9.59 Å². The zero-order valence-electron chi connectivity index (χ0n) is 20.7. The van der Waals surface area contributed by atoms with Gasteiger partial charge in [-0.1, -0.05) is 26.0 Å². The molecule has 1 aromatic heterocycles. The van der Waals surface area contributed by atoms with E-state index in [1.807, 2.05) is 44.7 Å². The molecule has 33 heavy (non-hydrogen) atoms. The van der Waals surface area contributed by atoms with Crippen LogP contribution in [0.15, 0.2) is 35.7 Å². The second-order valence-corrected chi connectivity index (χ2v) is 10.9. The van der Waals surface area contributed by atoms with Crippen LogP contribution in [-0.2, 0) is 11.2 Å². The number of nitrogens with one attached hydrogen (secondary N) is 1. The molecule has 2 heterocycles. The average molecular weight is 472 g/mol. The predicted molar refractivity (Wildman–Crippen MR) is 134 cm³/mol. The van der Waals surface area contributed by atoms with Gasteiger partial charge in [0.2, 0.25) is 5.91 Å². The van der Waals surface area contributed by atoms with Crippen molar-refractivity contribution in [3.05, 3.63) is 51.7 Å². The fraction of sp³-hybridized carbons (Fsp3) is 0.538. The van der Waals surface area contributed by atoms with E-state index < -0.39 is 0 Å². The highest BCUT2D eigenvalue weighted by molar-refractivity contribution is 7.10. The minimum absolute atomic E-state index is 0.0530. The van der Waals surface area contributed by atoms with Crippen molar-refractivity contribution in [2.45, 2.75) is 65.5 Å². The fourth-order valence-electron chi connectivity index (χ4n) is 3.98. The van der Waals surface area contributed by atoms with Gasteiger partial charge in [0.05, 0.1) is 6.04 Å². The van der Waals surface area contributed by atoms with Crippen LogP contribution < -0.4 is 10.1 Å². The Labute approximate surface area is 201 Å². The van der Waals surface area contributed by atoms with Crippen molar-refractivity contribution in [3.63, 3.8) is 0 Å². The van der Waals surface area contributed by atoms with Crippen molar-refractivity contribution < 1.29 is 14.3 Å². The second kappa shape index (κ2) is 10.6. The number of hydrogen-bond donors (Lipinski definition) is 1. The summed E-state index contributed by atoms with van der Waals surface area (Å²) >= 11 is 1.73. The largest absolute Gasteiger partial charge is 0.491 e. The lowest BCUT2D eigenvalue weighted by atomic mass is 10.00. The molecule has 0 spiro atoms. The molecule has 0 fully saturated rings. The van der Waals surface area contributed by atoms with Gasteiger partial charge >= 0.3 is 6.03 Å². The molecule has 2 aromatic rings. The number of nitrogens with zero attached hydrogens (tertiary/aromatic N) is 2. The third-order valence-corrected chi connectivity index (χ3v) is 6.84. The van der Waals surface area contributed by atoms with Gasteiger partial charge in [0.25, 0.3) is 0 Å². The number of rotatable bonds is 7. The summed E-state index contributed by atoms with van der Waals surface area (Å²) in [7, 11) is 0. The number of urea groups is 1. The summed E-state index contributed by atoms with van der Waals surface area (Å²) in [6.07, 6.45) is 0.832. The maximum atomic E-state index is 13.4. The summed E-state index contributed by atoms with van der Waals surface area (Å²) in [5.74, 6) is 1.21. The Balaban J connectivity index is 1.72. The lowest BCUT2D eigenvalue weighted by Crippen LogP contribution is -2.52. The van der Waals surface area contributed by atoms with Crippen LogP contribution >= 0.6 is 11.3 Å². The molecule has 1 N–H and O–H groups in total. The SMILES string of the molecule is CCN(CC(=O)N1CCc2sccc2[C@H]1COc1ccc(C(C)C)cc1)C(=O)NC(C)(C)C. The van der Waals surface area contributed by atoms with E-state index in [2.05, 4.69) is 42.7 Å². The standard InChI is InChI=1S/C26H37N3O3S/c1-7-28(25(31)27-26(4,5)6)16-24(30)29-14-12-23-21(13-15-33-23)22(29)17-32-20-10-8-19(9-11-20)18(2)3/h8-11,13,15,18,22H,7,12,14,16-17H2,1-6H3,(H,27,31)/t22-/m1/s1. The Hall–Kier alpha value is -2.54. The first-order valence-corrected chi connectivity index (χ1v) is 12.6. The van der Waals surface area contributed by atoms with Crippen molar-refractivity contribution in [1.29, 1.82) is 0 Å². The number of benzene rings is 1. The van der Waals surface area contributed by atoms with Gasteiger partial charge in [-0.3, -0.25) is 4.79 Å². The smallest absolute Gasteiger partial charge is 0.318 e. The minimum atomic E-state index is -0.355. The molecule has 1 atom stereocenters. The third-order valence-electron chi connectivity index (χ3n) is 5.85. The van der Waals surface area contributed by atoms with Gasteiger partial charge in [0.1, 0.15) is 18.9 Å². The monoisotopic (exact) mass is 471 g/mol. The highest BCUT2D eigenvalue weighted by atomic mass is 32.1. The van der Waals surface area contributed by atoms with Gasteiger partial charge in [-0.25, -0.2) is 4.79 Å². The number of fused-ring (bicyclic) bond motifs is 1. The second-order valence-electron chi connectivity index (χ2n) is 9.88. The zero-order valence-corrected chi connectivity index (χ0v) is 21.5. The quantitative estimate of drug-likeness (QED) is 0.603. The van der Waals surface area contributed by atoms with Gasteiger partial charge in [0.15, 0.2) is 0 Å². The molecular formula is C26H37N3O3S. The molecule has 0 aliphatic carbocycles. The highest BCUT2D eigenvalue weighted by Crippen LogP contribution is 2.34. The first kappa shape index (κ1) is 25.1. The summed E-state index contributed by atoms with van der Waals surface area (Å²) in [6.45, 7) is 13.6. The van der Waals surface area contributed by atoms with E-state index in [4.69, 9.17) is 4.74 Å². The van der Waals surface area contributed by atoms with Crippen LogP contribution in [0.4, 0.5) is 4.79 Å². The first-order chi connectivity index (χ1) is 15.6. The van der Waals surface area contributed by atoms with Crippen LogP contribution in [0.1, 0.15) is 69.5 Å². The Morgan fingerprint density at radius 1 is 1.21 bits per heavy atom. The van der Waals surface area contributed by atoms with Crippen LogP contribution in [0.25, 0.3) is 0 Å². The maximum absolute atomic E-state index is 13.4. The zero-order chi connectivity index (χ0) is 24.2. The Bertz CT molecular complexity index is 946.